The zero-order chi connectivity index (χ0) is 18.8. The molecule has 1 unspecified atom stereocenters. The molecule has 1 atom stereocenters. The van der Waals surface area contributed by atoms with Crippen molar-refractivity contribution in [3.8, 4) is 9.88 Å². The fourth-order valence-electron chi connectivity index (χ4n) is 3.23. The number of nitrogens with zero attached hydrogens (tertiary/aromatic N) is 2. The minimum atomic E-state index is -0.0568. The largest absolute Gasteiger partial charge is 0.371 e. The van der Waals surface area contributed by atoms with Gasteiger partial charge in [0, 0.05) is 29.8 Å². The molecule has 0 saturated carbocycles. The van der Waals surface area contributed by atoms with E-state index in [1.165, 1.54) is 34.8 Å². The van der Waals surface area contributed by atoms with E-state index in [0.29, 0.717) is 0 Å². The molecule has 1 aliphatic heterocycles. The van der Waals surface area contributed by atoms with E-state index in [1.807, 2.05) is 29.6 Å². The summed E-state index contributed by atoms with van der Waals surface area (Å²) in [5.74, 6) is 0.691. The second kappa shape index (κ2) is 8.00. The smallest absolute Gasteiger partial charge is 0.230 e. The number of anilines is 2. The lowest BCUT2D eigenvalue weighted by atomic mass is 10.2. The van der Waals surface area contributed by atoms with Crippen LogP contribution in [0.25, 0.3) is 9.88 Å². The average Bonchev–Trinajstić information content (AvgIpc) is 3.37. The van der Waals surface area contributed by atoms with Crippen molar-refractivity contribution >= 4 is 51.6 Å². The summed E-state index contributed by atoms with van der Waals surface area (Å²) in [7, 11) is 0. The molecule has 0 bridgehead atoms. The molecule has 0 spiro atoms. The van der Waals surface area contributed by atoms with Gasteiger partial charge in [0.25, 0.3) is 0 Å². The number of hydrogen-bond acceptors (Lipinski definition) is 5. The number of aromatic nitrogens is 1. The Hall–Kier alpha value is -1.89. The molecular formula is C20H20ClN3OS2. The van der Waals surface area contributed by atoms with E-state index >= 15 is 0 Å². The molecule has 3 aromatic rings. The lowest BCUT2D eigenvalue weighted by molar-refractivity contribution is -0.115. The van der Waals surface area contributed by atoms with Crippen molar-refractivity contribution in [1.29, 1.82) is 0 Å². The van der Waals surface area contributed by atoms with E-state index in [9.17, 15) is 4.79 Å². The zero-order valence-electron chi connectivity index (χ0n) is 14.9. The van der Waals surface area contributed by atoms with Gasteiger partial charge in [-0.3, -0.25) is 4.79 Å². The Morgan fingerprint density at radius 3 is 2.78 bits per heavy atom. The van der Waals surface area contributed by atoms with Crippen molar-refractivity contribution in [2.75, 3.05) is 23.3 Å². The molecule has 1 saturated heterocycles. The fraction of sp³-hybridized carbons (Fsp3) is 0.300. The minimum absolute atomic E-state index is 0.0568. The second-order valence-corrected chi connectivity index (χ2v) is 9.43. The molecule has 1 N–H and O–H groups in total. The van der Waals surface area contributed by atoms with Gasteiger partial charge in [-0.15, -0.1) is 22.7 Å². The van der Waals surface area contributed by atoms with Crippen LogP contribution in [0, 0.1) is 5.92 Å². The summed E-state index contributed by atoms with van der Waals surface area (Å²) in [6.45, 7) is 4.49. The molecular weight excluding hydrogens is 398 g/mol. The maximum atomic E-state index is 12.3. The number of thiazole rings is 1. The summed E-state index contributed by atoms with van der Waals surface area (Å²) in [6, 6.07) is 11.9. The van der Waals surface area contributed by atoms with Crippen molar-refractivity contribution in [3.63, 3.8) is 0 Å². The summed E-state index contributed by atoms with van der Waals surface area (Å²) >= 11 is 9.01. The third-order valence-electron chi connectivity index (χ3n) is 4.62. The highest BCUT2D eigenvalue weighted by atomic mass is 35.5. The molecule has 0 radical (unpaired) electrons. The van der Waals surface area contributed by atoms with Crippen molar-refractivity contribution in [2.45, 2.75) is 19.8 Å². The second-order valence-electron chi connectivity index (χ2n) is 6.86. The van der Waals surface area contributed by atoms with Gasteiger partial charge in [-0.25, -0.2) is 4.98 Å². The first-order chi connectivity index (χ1) is 13.1. The Morgan fingerprint density at radius 2 is 2.11 bits per heavy atom. The first kappa shape index (κ1) is 18.5. The van der Waals surface area contributed by atoms with Crippen LogP contribution in [0.15, 0.2) is 41.8 Å². The Bertz CT molecular complexity index is 935. The summed E-state index contributed by atoms with van der Waals surface area (Å²) in [4.78, 5) is 20.3. The lowest BCUT2D eigenvalue weighted by Crippen LogP contribution is -2.19. The number of halogens is 1. The van der Waals surface area contributed by atoms with Crippen molar-refractivity contribution in [3.05, 3.63) is 51.8 Å². The topological polar surface area (TPSA) is 45.2 Å². The Morgan fingerprint density at radius 1 is 1.30 bits per heavy atom. The molecule has 140 valence electrons. The number of rotatable bonds is 5. The fourth-order valence-corrected chi connectivity index (χ4v) is 5.16. The molecule has 3 heterocycles. The van der Waals surface area contributed by atoms with Gasteiger partial charge in [-0.1, -0.05) is 18.5 Å². The van der Waals surface area contributed by atoms with Gasteiger partial charge < -0.3 is 10.2 Å². The molecule has 0 aliphatic carbocycles. The van der Waals surface area contributed by atoms with E-state index in [-0.39, 0.29) is 12.3 Å². The van der Waals surface area contributed by atoms with Crippen LogP contribution in [0.1, 0.15) is 19.0 Å². The average molecular weight is 418 g/mol. The van der Waals surface area contributed by atoms with Gasteiger partial charge in [0.15, 0.2) is 0 Å². The number of hydrogen-bond donors (Lipinski definition) is 1. The summed E-state index contributed by atoms with van der Waals surface area (Å²) in [5, 5.41) is 5.79. The van der Waals surface area contributed by atoms with Crippen molar-refractivity contribution in [2.24, 2.45) is 5.92 Å². The normalized spacial score (nSPS) is 16.7. The van der Waals surface area contributed by atoms with E-state index in [2.05, 4.69) is 34.3 Å². The van der Waals surface area contributed by atoms with E-state index in [4.69, 9.17) is 11.6 Å². The van der Waals surface area contributed by atoms with Crippen LogP contribution in [0.3, 0.4) is 0 Å². The highest BCUT2D eigenvalue weighted by Gasteiger charge is 2.18. The zero-order valence-corrected chi connectivity index (χ0v) is 17.3. The minimum Gasteiger partial charge on any atom is -0.371 e. The number of carbonyl (C=O) groups excluding carboxylic acids is 1. The van der Waals surface area contributed by atoms with Crippen LogP contribution in [0.2, 0.25) is 4.34 Å². The van der Waals surface area contributed by atoms with E-state index in [0.717, 1.165) is 44.6 Å². The molecule has 4 nitrogen and oxygen atoms in total. The number of benzene rings is 1. The monoisotopic (exact) mass is 417 g/mol. The molecule has 1 fully saturated rings. The number of thiophene rings is 1. The van der Waals surface area contributed by atoms with Crippen molar-refractivity contribution in [1.82, 2.24) is 4.98 Å². The summed E-state index contributed by atoms with van der Waals surface area (Å²) in [6.07, 6.45) is 1.51. The van der Waals surface area contributed by atoms with Gasteiger partial charge in [0.1, 0.15) is 5.01 Å². The van der Waals surface area contributed by atoms with Gasteiger partial charge in [-0.05, 0) is 48.7 Å². The van der Waals surface area contributed by atoms with Crippen LogP contribution in [0.5, 0.6) is 0 Å². The number of carbonyl (C=O) groups is 1. The van der Waals surface area contributed by atoms with Crippen LogP contribution in [0.4, 0.5) is 11.4 Å². The lowest BCUT2D eigenvalue weighted by Gasteiger charge is -2.18. The van der Waals surface area contributed by atoms with E-state index in [1.54, 1.807) is 0 Å². The van der Waals surface area contributed by atoms with Gasteiger partial charge >= 0.3 is 0 Å². The highest BCUT2D eigenvalue weighted by molar-refractivity contribution is 7.23. The van der Waals surface area contributed by atoms with Crippen molar-refractivity contribution < 1.29 is 4.79 Å². The van der Waals surface area contributed by atoms with Crippen LogP contribution in [-0.2, 0) is 11.2 Å². The molecule has 27 heavy (non-hydrogen) atoms. The third-order valence-corrected chi connectivity index (χ3v) is 6.91. The maximum absolute atomic E-state index is 12.3. The van der Waals surface area contributed by atoms with Gasteiger partial charge in [0.2, 0.25) is 5.91 Å². The molecule has 1 amide bonds. The Balaban J connectivity index is 1.35. The first-order valence-electron chi connectivity index (χ1n) is 8.92. The van der Waals surface area contributed by atoms with Gasteiger partial charge in [0.05, 0.1) is 21.3 Å². The van der Waals surface area contributed by atoms with Crippen LogP contribution in [-0.4, -0.2) is 24.0 Å². The molecule has 1 aromatic carbocycles. The Labute approximate surface area is 171 Å². The molecule has 2 aromatic heterocycles. The SMILES string of the molecule is CC1CCN(c2ccc(NC(=O)Cc3csc(-c4ccc(Cl)s4)n3)cc2)C1. The standard InChI is InChI=1S/C20H20ClN3OS2/c1-13-8-9-24(11-13)16-4-2-14(3-5-16)22-19(25)10-15-12-26-20(23-15)17-6-7-18(21)27-17/h2-7,12-13H,8-11H2,1H3,(H,22,25). The van der Waals surface area contributed by atoms with Gasteiger partial charge in [-0.2, -0.15) is 0 Å². The van der Waals surface area contributed by atoms with Crippen LogP contribution >= 0.6 is 34.3 Å². The molecule has 7 heteroatoms. The Kier molecular flexibility index (Phi) is 5.48. The summed E-state index contributed by atoms with van der Waals surface area (Å²) < 4.78 is 0.742. The quantitative estimate of drug-likeness (QED) is 0.591. The number of amides is 1. The molecule has 1 aliphatic rings. The predicted octanol–water partition coefficient (Wildman–Crippen LogP) is 5.55. The van der Waals surface area contributed by atoms with Crippen LogP contribution < -0.4 is 10.2 Å². The summed E-state index contributed by atoms with van der Waals surface area (Å²) in [5.41, 5.74) is 2.81. The predicted molar refractivity (Wildman–Crippen MR) is 115 cm³/mol. The third kappa shape index (κ3) is 4.51. The number of nitrogens with one attached hydrogen (secondary N) is 1. The molecule has 4 rings (SSSR count). The highest BCUT2D eigenvalue weighted by Crippen LogP contribution is 2.33. The van der Waals surface area contributed by atoms with E-state index < -0.39 is 0 Å². The first-order valence-corrected chi connectivity index (χ1v) is 11.0. The maximum Gasteiger partial charge on any atom is 0.230 e.